The van der Waals surface area contributed by atoms with Gasteiger partial charge in [0.25, 0.3) is 0 Å². The topological polar surface area (TPSA) is 43.4 Å². The first-order chi connectivity index (χ1) is 5.91. The predicted molar refractivity (Wildman–Crippen MR) is 50.4 cm³/mol. The van der Waals surface area contributed by atoms with Crippen molar-refractivity contribution in [3.05, 3.63) is 0 Å². The molecular formula is C9H15ClO3. The SMILES string of the molecule is COC(=O)[C@H](C(C)C)C(C)C(=O)Cl. The number of carbonyl (C=O) groups is 2. The lowest BCUT2D eigenvalue weighted by Gasteiger charge is -2.21. The van der Waals surface area contributed by atoms with E-state index in [4.69, 9.17) is 11.6 Å². The van der Waals surface area contributed by atoms with Gasteiger partial charge in [0.15, 0.2) is 0 Å². The molecule has 76 valence electrons. The Labute approximate surface area is 83.4 Å². The van der Waals surface area contributed by atoms with Gasteiger partial charge in [-0.25, -0.2) is 0 Å². The lowest BCUT2D eigenvalue weighted by Crippen LogP contribution is -2.31. The van der Waals surface area contributed by atoms with Gasteiger partial charge in [-0.05, 0) is 17.5 Å². The molecule has 3 nitrogen and oxygen atoms in total. The van der Waals surface area contributed by atoms with E-state index in [2.05, 4.69) is 4.74 Å². The summed E-state index contributed by atoms with van der Waals surface area (Å²) in [7, 11) is 1.31. The average Bonchev–Trinajstić information content (AvgIpc) is 2.03. The number of halogens is 1. The van der Waals surface area contributed by atoms with E-state index in [1.54, 1.807) is 6.92 Å². The van der Waals surface area contributed by atoms with E-state index in [0.29, 0.717) is 0 Å². The highest BCUT2D eigenvalue weighted by molar-refractivity contribution is 6.64. The van der Waals surface area contributed by atoms with Crippen LogP contribution in [0.1, 0.15) is 20.8 Å². The molecule has 0 saturated carbocycles. The van der Waals surface area contributed by atoms with Crippen molar-refractivity contribution in [3.63, 3.8) is 0 Å². The van der Waals surface area contributed by atoms with Crippen molar-refractivity contribution in [2.24, 2.45) is 17.8 Å². The molecule has 0 aliphatic heterocycles. The molecule has 0 fully saturated rings. The standard InChI is InChI=1S/C9H15ClO3/c1-5(2)7(9(12)13-4)6(3)8(10)11/h5-7H,1-4H3/t6?,7-/m1/s1. The first-order valence-corrected chi connectivity index (χ1v) is 4.56. The molecule has 0 bridgehead atoms. The average molecular weight is 207 g/mol. The van der Waals surface area contributed by atoms with Gasteiger partial charge in [-0.3, -0.25) is 9.59 Å². The first-order valence-electron chi connectivity index (χ1n) is 4.19. The van der Waals surface area contributed by atoms with Crippen LogP contribution >= 0.6 is 11.6 Å². The van der Waals surface area contributed by atoms with Crippen LogP contribution in [-0.2, 0) is 14.3 Å². The molecule has 0 spiro atoms. The van der Waals surface area contributed by atoms with Gasteiger partial charge in [-0.15, -0.1) is 0 Å². The Balaban J connectivity index is 4.60. The van der Waals surface area contributed by atoms with Crippen molar-refractivity contribution in [2.45, 2.75) is 20.8 Å². The van der Waals surface area contributed by atoms with Crippen molar-refractivity contribution in [3.8, 4) is 0 Å². The molecular weight excluding hydrogens is 192 g/mol. The molecule has 0 aromatic rings. The number of rotatable bonds is 4. The summed E-state index contributed by atoms with van der Waals surface area (Å²) in [5, 5.41) is -0.496. The van der Waals surface area contributed by atoms with Crippen LogP contribution in [0.3, 0.4) is 0 Å². The predicted octanol–water partition coefficient (Wildman–Crippen LogP) is 1.83. The van der Waals surface area contributed by atoms with Crippen LogP contribution in [0, 0.1) is 17.8 Å². The minimum absolute atomic E-state index is 0.0464. The Morgan fingerprint density at radius 3 is 1.92 bits per heavy atom. The lowest BCUT2D eigenvalue weighted by molar-refractivity contribution is -0.150. The minimum Gasteiger partial charge on any atom is -0.469 e. The van der Waals surface area contributed by atoms with Crippen LogP contribution in [0.5, 0.6) is 0 Å². The number of methoxy groups -OCH3 is 1. The van der Waals surface area contributed by atoms with E-state index in [1.807, 2.05) is 13.8 Å². The fourth-order valence-electron chi connectivity index (χ4n) is 1.33. The zero-order chi connectivity index (χ0) is 10.6. The van der Waals surface area contributed by atoms with Gasteiger partial charge in [0.05, 0.1) is 13.0 Å². The highest BCUT2D eigenvalue weighted by Crippen LogP contribution is 2.24. The maximum Gasteiger partial charge on any atom is 0.309 e. The van der Waals surface area contributed by atoms with Crippen molar-refractivity contribution < 1.29 is 14.3 Å². The third kappa shape index (κ3) is 3.35. The van der Waals surface area contributed by atoms with E-state index in [0.717, 1.165) is 0 Å². The summed E-state index contributed by atoms with van der Waals surface area (Å²) >= 11 is 5.32. The van der Waals surface area contributed by atoms with Crippen LogP contribution in [0.4, 0.5) is 0 Å². The molecule has 0 amide bonds. The number of hydrogen-bond acceptors (Lipinski definition) is 3. The summed E-state index contributed by atoms with van der Waals surface area (Å²) < 4.78 is 4.60. The number of ether oxygens (including phenoxy) is 1. The van der Waals surface area contributed by atoms with Gasteiger partial charge in [0.2, 0.25) is 5.24 Å². The van der Waals surface area contributed by atoms with Gasteiger partial charge < -0.3 is 4.74 Å². The second-order valence-corrected chi connectivity index (χ2v) is 3.76. The largest absolute Gasteiger partial charge is 0.469 e. The van der Waals surface area contributed by atoms with Gasteiger partial charge >= 0.3 is 5.97 Å². The Morgan fingerprint density at radius 1 is 1.23 bits per heavy atom. The molecule has 0 aromatic carbocycles. The zero-order valence-corrected chi connectivity index (χ0v) is 9.09. The quantitative estimate of drug-likeness (QED) is 0.521. The molecule has 0 aliphatic rings. The first kappa shape index (κ1) is 12.4. The van der Waals surface area contributed by atoms with E-state index < -0.39 is 17.1 Å². The van der Waals surface area contributed by atoms with Crippen LogP contribution in [-0.4, -0.2) is 18.3 Å². The van der Waals surface area contributed by atoms with Crippen LogP contribution in [0.2, 0.25) is 0 Å². The Morgan fingerprint density at radius 2 is 1.69 bits per heavy atom. The monoisotopic (exact) mass is 206 g/mol. The highest BCUT2D eigenvalue weighted by atomic mass is 35.5. The zero-order valence-electron chi connectivity index (χ0n) is 8.33. The van der Waals surface area contributed by atoms with Gasteiger partial charge in [0.1, 0.15) is 0 Å². The molecule has 0 rings (SSSR count). The maximum atomic E-state index is 11.3. The number of hydrogen-bond donors (Lipinski definition) is 0. The van der Waals surface area contributed by atoms with Crippen LogP contribution in [0.15, 0.2) is 0 Å². The Kier molecular flexibility index (Phi) is 4.99. The van der Waals surface area contributed by atoms with Crippen LogP contribution < -0.4 is 0 Å². The summed E-state index contributed by atoms with van der Waals surface area (Å²) in [6.45, 7) is 5.35. The minimum atomic E-state index is -0.496. The second-order valence-electron chi connectivity index (χ2n) is 3.39. The number of carbonyl (C=O) groups excluding carboxylic acids is 2. The molecule has 0 radical (unpaired) electrons. The molecule has 0 aromatic heterocycles. The molecule has 4 heteroatoms. The van der Waals surface area contributed by atoms with Gasteiger partial charge in [0, 0.05) is 5.92 Å². The molecule has 13 heavy (non-hydrogen) atoms. The van der Waals surface area contributed by atoms with Crippen molar-refractivity contribution in [2.75, 3.05) is 7.11 Å². The Hall–Kier alpha value is -0.570. The summed E-state index contributed by atoms with van der Waals surface area (Å²) in [6.07, 6.45) is 0. The van der Waals surface area contributed by atoms with E-state index in [1.165, 1.54) is 7.11 Å². The normalized spacial score (nSPS) is 15.2. The molecule has 0 aliphatic carbocycles. The Bertz CT molecular complexity index is 201. The van der Waals surface area contributed by atoms with E-state index in [9.17, 15) is 9.59 Å². The molecule has 0 N–H and O–H groups in total. The molecule has 0 saturated heterocycles. The maximum absolute atomic E-state index is 11.3. The van der Waals surface area contributed by atoms with Crippen molar-refractivity contribution >= 4 is 22.8 Å². The number of esters is 1. The van der Waals surface area contributed by atoms with Gasteiger partial charge in [-0.2, -0.15) is 0 Å². The molecule has 0 heterocycles. The summed E-state index contributed by atoms with van der Waals surface area (Å²) in [5.74, 6) is -1.27. The summed E-state index contributed by atoms with van der Waals surface area (Å²) in [4.78, 5) is 22.1. The van der Waals surface area contributed by atoms with Gasteiger partial charge in [-0.1, -0.05) is 20.8 Å². The fraction of sp³-hybridized carbons (Fsp3) is 0.778. The summed E-state index contributed by atoms with van der Waals surface area (Å²) in [5.41, 5.74) is 0. The smallest absolute Gasteiger partial charge is 0.309 e. The van der Waals surface area contributed by atoms with Crippen molar-refractivity contribution in [1.29, 1.82) is 0 Å². The van der Waals surface area contributed by atoms with E-state index in [-0.39, 0.29) is 11.9 Å². The second kappa shape index (κ2) is 5.22. The third-order valence-corrected chi connectivity index (χ3v) is 2.43. The van der Waals surface area contributed by atoms with Crippen LogP contribution in [0.25, 0.3) is 0 Å². The molecule has 1 unspecified atom stereocenters. The highest BCUT2D eigenvalue weighted by Gasteiger charge is 2.32. The lowest BCUT2D eigenvalue weighted by atomic mass is 9.85. The van der Waals surface area contributed by atoms with Crippen molar-refractivity contribution in [1.82, 2.24) is 0 Å². The summed E-state index contributed by atoms with van der Waals surface area (Å²) in [6, 6.07) is 0. The third-order valence-electron chi connectivity index (χ3n) is 2.09. The molecule has 2 atom stereocenters. The van der Waals surface area contributed by atoms with E-state index >= 15 is 0 Å². The fourth-order valence-corrected chi connectivity index (χ4v) is 1.47.